The molecule has 6 heteroatoms. The Morgan fingerprint density at radius 2 is 1.47 bits per heavy atom. The molecular formula is C24H19FN2O2S. The van der Waals surface area contributed by atoms with Crippen molar-refractivity contribution in [3.05, 3.63) is 100 Å². The van der Waals surface area contributed by atoms with Gasteiger partial charge < -0.3 is 5.32 Å². The highest BCUT2D eigenvalue weighted by molar-refractivity contribution is 8.04. The van der Waals surface area contributed by atoms with Crippen LogP contribution in [-0.4, -0.2) is 11.8 Å². The molecular weight excluding hydrogens is 399 g/mol. The Morgan fingerprint density at radius 1 is 0.833 bits per heavy atom. The maximum Gasteiger partial charge on any atom is 0.283 e. The predicted octanol–water partition coefficient (Wildman–Crippen LogP) is 5.43. The molecule has 0 saturated carbocycles. The first-order valence-corrected chi connectivity index (χ1v) is 10.2. The molecule has 30 heavy (non-hydrogen) atoms. The van der Waals surface area contributed by atoms with Gasteiger partial charge in [0.15, 0.2) is 0 Å². The summed E-state index contributed by atoms with van der Waals surface area (Å²) in [4.78, 5) is 28.7. The average molecular weight is 418 g/mol. The number of carbonyl (C=O) groups is 2. The lowest BCUT2D eigenvalue weighted by Gasteiger charge is -2.15. The number of aryl methyl sites for hydroxylation is 2. The first-order chi connectivity index (χ1) is 14.4. The fourth-order valence-corrected chi connectivity index (χ4v) is 4.28. The molecule has 150 valence electrons. The van der Waals surface area contributed by atoms with Crippen LogP contribution in [0.25, 0.3) is 0 Å². The van der Waals surface area contributed by atoms with Crippen LogP contribution in [-0.2, 0) is 9.59 Å². The number of hydrogen-bond acceptors (Lipinski definition) is 4. The van der Waals surface area contributed by atoms with Gasteiger partial charge in [0.2, 0.25) is 0 Å². The van der Waals surface area contributed by atoms with Crippen molar-refractivity contribution in [3.8, 4) is 0 Å². The molecule has 4 nitrogen and oxygen atoms in total. The van der Waals surface area contributed by atoms with Crippen LogP contribution in [0.1, 0.15) is 11.1 Å². The maximum absolute atomic E-state index is 13.4. The third-order valence-corrected chi connectivity index (χ3v) is 5.67. The number of halogens is 1. The first-order valence-electron chi connectivity index (χ1n) is 9.39. The Hall–Kier alpha value is -3.38. The van der Waals surface area contributed by atoms with Gasteiger partial charge in [0.25, 0.3) is 11.8 Å². The summed E-state index contributed by atoms with van der Waals surface area (Å²) >= 11 is 1.23. The highest BCUT2D eigenvalue weighted by Crippen LogP contribution is 2.37. The number of nitrogens with one attached hydrogen (secondary N) is 1. The Bertz CT molecular complexity index is 1140. The van der Waals surface area contributed by atoms with Crippen molar-refractivity contribution < 1.29 is 14.0 Å². The number of anilines is 2. The van der Waals surface area contributed by atoms with E-state index in [-0.39, 0.29) is 5.70 Å². The van der Waals surface area contributed by atoms with Gasteiger partial charge in [-0.3, -0.25) is 9.59 Å². The lowest BCUT2D eigenvalue weighted by Crippen LogP contribution is -2.32. The SMILES string of the molecule is Cc1cc(C)cc(NC2=C(Sc3ccccc3)C(=O)N(c3ccc(F)cc3)C2=O)c1. The fraction of sp³-hybridized carbons (Fsp3) is 0.0833. The second-order valence-electron chi connectivity index (χ2n) is 7.04. The van der Waals surface area contributed by atoms with E-state index >= 15 is 0 Å². The molecule has 0 saturated heterocycles. The second-order valence-corrected chi connectivity index (χ2v) is 8.13. The summed E-state index contributed by atoms with van der Waals surface area (Å²) in [5.41, 5.74) is 3.36. The molecule has 0 atom stereocenters. The van der Waals surface area contributed by atoms with Crippen molar-refractivity contribution in [2.24, 2.45) is 0 Å². The van der Waals surface area contributed by atoms with Gasteiger partial charge >= 0.3 is 0 Å². The van der Waals surface area contributed by atoms with Crippen molar-refractivity contribution in [2.75, 3.05) is 10.2 Å². The third-order valence-electron chi connectivity index (χ3n) is 4.58. The van der Waals surface area contributed by atoms with Crippen LogP contribution in [0, 0.1) is 19.7 Å². The van der Waals surface area contributed by atoms with E-state index in [9.17, 15) is 14.0 Å². The molecule has 2 amide bonds. The number of hydrogen-bond donors (Lipinski definition) is 1. The molecule has 1 N–H and O–H groups in total. The molecule has 1 aliphatic rings. The second kappa shape index (κ2) is 8.16. The van der Waals surface area contributed by atoms with Crippen LogP contribution in [0.3, 0.4) is 0 Å². The summed E-state index contributed by atoms with van der Waals surface area (Å²) in [5, 5.41) is 3.16. The number of nitrogens with zero attached hydrogens (tertiary/aromatic N) is 1. The normalized spacial score (nSPS) is 13.9. The summed E-state index contributed by atoms with van der Waals surface area (Å²) in [6.07, 6.45) is 0. The van der Waals surface area contributed by atoms with Gasteiger partial charge in [-0.15, -0.1) is 0 Å². The van der Waals surface area contributed by atoms with Gasteiger partial charge in [-0.25, -0.2) is 9.29 Å². The maximum atomic E-state index is 13.4. The van der Waals surface area contributed by atoms with Gasteiger partial charge in [-0.1, -0.05) is 36.0 Å². The minimum Gasteiger partial charge on any atom is -0.350 e. The quantitative estimate of drug-likeness (QED) is 0.561. The summed E-state index contributed by atoms with van der Waals surface area (Å²) in [6.45, 7) is 3.94. The minimum atomic E-state index is -0.468. The van der Waals surface area contributed by atoms with Crippen LogP contribution < -0.4 is 10.2 Å². The number of imide groups is 1. The lowest BCUT2D eigenvalue weighted by atomic mass is 10.1. The van der Waals surface area contributed by atoms with Crippen LogP contribution in [0.2, 0.25) is 0 Å². The van der Waals surface area contributed by atoms with Crippen LogP contribution in [0.4, 0.5) is 15.8 Å². The first kappa shape index (κ1) is 19.9. The van der Waals surface area contributed by atoms with E-state index in [4.69, 9.17) is 0 Å². The number of thioether (sulfide) groups is 1. The fourth-order valence-electron chi connectivity index (χ4n) is 3.34. The standard InChI is InChI=1S/C24H19FN2O2S/c1-15-12-16(2)14-18(13-15)26-21-22(30-20-6-4-3-5-7-20)24(29)27(23(21)28)19-10-8-17(25)9-11-19/h3-14,26H,1-2H3. The van der Waals surface area contributed by atoms with E-state index in [0.717, 1.165) is 26.6 Å². The highest BCUT2D eigenvalue weighted by atomic mass is 32.2. The molecule has 1 aliphatic heterocycles. The molecule has 3 aromatic rings. The Morgan fingerprint density at radius 3 is 2.10 bits per heavy atom. The molecule has 4 rings (SSSR count). The van der Waals surface area contributed by atoms with Crippen molar-refractivity contribution in [3.63, 3.8) is 0 Å². The molecule has 0 unspecified atom stereocenters. The number of rotatable bonds is 5. The predicted molar refractivity (Wildman–Crippen MR) is 118 cm³/mol. The van der Waals surface area contributed by atoms with Gasteiger partial charge in [0, 0.05) is 10.6 Å². The molecule has 0 spiro atoms. The Kier molecular flexibility index (Phi) is 5.42. The molecule has 0 fully saturated rings. The van der Waals surface area contributed by atoms with Gasteiger partial charge in [-0.2, -0.15) is 0 Å². The van der Waals surface area contributed by atoms with E-state index in [2.05, 4.69) is 5.32 Å². The van der Waals surface area contributed by atoms with Crippen LogP contribution in [0.15, 0.2) is 88.3 Å². The smallest absolute Gasteiger partial charge is 0.283 e. The topological polar surface area (TPSA) is 49.4 Å². The Balaban J connectivity index is 1.76. The van der Waals surface area contributed by atoms with E-state index in [0.29, 0.717) is 10.6 Å². The van der Waals surface area contributed by atoms with Crippen molar-refractivity contribution >= 4 is 35.0 Å². The van der Waals surface area contributed by atoms with E-state index < -0.39 is 17.6 Å². The third kappa shape index (κ3) is 4.00. The summed E-state index contributed by atoms with van der Waals surface area (Å²) in [7, 11) is 0. The molecule has 1 heterocycles. The van der Waals surface area contributed by atoms with Gasteiger partial charge in [-0.05, 0) is 73.5 Å². The van der Waals surface area contributed by atoms with E-state index in [1.807, 2.05) is 62.4 Å². The van der Waals surface area contributed by atoms with Crippen molar-refractivity contribution in [1.29, 1.82) is 0 Å². The zero-order valence-electron chi connectivity index (χ0n) is 16.5. The zero-order valence-corrected chi connectivity index (χ0v) is 17.3. The Labute approximate surface area is 178 Å². The zero-order chi connectivity index (χ0) is 21.3. The van der Waals surface area contributed by atoms with E-state index in [1.165, 1.54) is 36.0 Å². The monoisotopic (exact) mass is 418 g/mol. The number of amides is 2. The largest absolute Gasteiger partial charge is 0.350 e. The van der Waals surface area contributed by atoms with Gasteiger partial charge in [0.1, 0.15) is 16.4 Å². The molecule has 0 aromatic heterocycles. The minimum absolute atomic E-state index is 0.211. The number of benzene rings is 3. The van der Waals surface area contributed by atoms with Crippen LogP contribution in [0.5, 0.6) is 0 Å². The van der Waals surface area contributed by atoms with Gasteiger partial charge in [0.05, 0.1) is 5.69 Å². The molecule has 0 bridgehead atoms. The lowest BCUT2D eigenvalue weighted by molar-refractivity contribution is -0.120. The van der Waals surface area contributed by atoms with Crippen molar-refractivity contribution in [2.45, 2.75) is 18.7 Å². The molecule has 0 aliphatic carbocycles. The van der Waals surface area contributed by atoms with Crippen molar-refractivity contribution in [1.82, 2.24) is 0 Å². The molecule has 0 radical (unpaired) electrons. The number of carbonyl (C=O) groups excluding carboxylic acids is 2. The highest BCUT2D eigenvalue weighted by Gasteiger charge is 2.40. The summed E-state index contributed by atoms with van der Waals surface area (Å²) < 4.78 is 13.4. The van der Waals surface area contributed by atoms with E-state index in [1.54, 1.807) is 0 Å². The summed E-state index contributed by atoms with van der Waals surface area (Å²) in [6, 6.07) is 20.6. The van der Waals surface area contributed by atoms with Crippen LogP contribution >= 0.6 is 11.8 Å². The summed E-state index contributed by atoms with van der Waals surface area (Å²) in [5.74, 6) is -1.34. The molecule has 3 aromatic carbocycles. The average Bonchev–Trinajstić information content (AvgIpc) is 2.93.